The van der Waals surface area contributed by atoms with E-state index >= 15 is 0 Å². The zero-order chi connectivity index (χ0) is 20.0. The summed E-state index contributed by atoms with van der Waals surface area (Å²) in [4.78, 5) is 19.4. The van der Waals surface area contributed by atoms with Crippen molar-refractivity contribution in [3.63, 3.8) is 0 Å². The third-order valence-electron chi connectivity index (χ3n) is 5.54. The zero-order valence-corrected chi connectivity index (χ0v) is 17.3. The minimum Gasteiger partial charge on any atom is -0.467 e. The second-order valence-corrected chi connectivity index (χ2v) is 8.50. The molecule has 0 radical (unpaired) electrons. The third kappa shape index (κ3) is 3.40. The van der Waals surface area contributed by atoms with Gasteiger partial charge in [0.25, 0.3) is 11.1 Å². The summed E-state index contributed by atoms with van der Waals surface area (Å²) in [5, 5.41) is 0.720. The van der Waals surface area contributed by atoms with Crippen LogP contribution in [0.5, 0.6) is 16.7 Å². The standard InChI is InChI=1S/C22H22N2O4S/c1-13-3-4-14(2)20-19(13)23-22(29-20)28-16-7-9-24(10-8-16)21(25)15-5-6-17-18(11-15)27-12-26-17/h3-6,11,16H,7-10,12H2,1-2H3. The third-order valence-corrected chi connectivity index (χ3v) is 6.62. The first-order valence-corrected chi connectivity index (χ1v) is 10.6. The van der Waals surface area contributed by atoms with E-state index in [1.54, 1.807) is 29.5 Å². The zero-order valence-electron chi connectivity index (χ0n) is 16.4. The van der Waals surface area contributed by atoms with Crippen molar-refractivity contribution in [2.24, 2.45) is 0 Å². The van der Waals surface area contributed by atoms with Crippen LogP contribution < -0.4 is 14.2 Å². The summed E-state index contributed by atoms with van der Waals surface area (Å²) < 4.78 is 18.1. The average molecular weight is 410 g/mol. The minimum atomic E-state index is 0.0213. The lowest BCUT2D eigenvalue weighted by Crippen LogP contribution is -2.41. The molecule has 0 unspecified atom stereocenters. The highest BCUT2D eigenvalue weighted by atomic mass is 32.1. The van der Waals surface area contributed by atoms with Crippen LogP contribution in [0.25, 0.3) is 10.2 Å². The molecule has 3 heterocycles. The van der Waals surface area contributed by atoms with Gasteiger partial charge in [-0.15, -0.1) is 0 Å². The Hall–Kier alpha value is -2.80. The number of hydrogen-bond acceptors (Lipinski definition) is 6. The summed E-state index contributed by atoms with van der Waals surface area (Å²) in [6.45, 7) is 5.72. The van der Waals surface area contributed by atoms with Gasteiger partial charge < -0.3 is 19.1 Å². The molecule has 0 atom stereocenters. The predicted molar refractivity (Wildman–Crippen MR) is 111 cm³/mol. The number of likely N-dealkylation sites (tertiary alicyclic amines) is 1. The van der Waals surface area contributed by atoms with Crippen molar-refractivity contribution in [1.29, 1.82) is 0 Å². The molecule has 1 aromatic heterocycles. The van der Waals surface area contributed by atoms with Gasteiger partial charge >= 0.3 is 0 Å². The Morgan fingerprint density at radius 1 is 1.10 bits per heavy atom. The lowest BCUT2D eigenvalue weighted by Gasteiger charge is -2.31. The van der Waals surface area contributed by atoms with Gasteiger partial charge in [-0.05, 0) is 43.2 Å². The quantitative estimate of drug-likeness (QED) is 0.643. The minimum absolute atomic E-state index is 0.0213. The molecule has 6 nitrogen and oxygen atoms in total. The highest BCUT2D eigenvalue weighted by Crippen LogP contribution is 2.35. The molecule has 0 saturated carbocycles. The number of aromatic nitrogens is 1. The molecule has 3 aromatic rings. The fraction of sp³-hybridized carbons (Fsp3) is 0.364. The summed E-state index contributed by atoms with van der Waals surface area (Å²) in [5.41, 5.74) is 4.05. The monoisotopic (exact) mass is 410 g/mol. The van der Waals surface area contributed by atoms with E-state index in [0.717, 1.165) is 23.6 Å². The first-order chi connectivity index (χ1) is 14.1. The Morgan fingerprint density at radius 3 is 2.66 bits per heavy atom. The summed E-state index contributed by atoms with van der Waals surface area (Å²) >= 11 is 1.61. The number of aryl methyl sites for hydroxylation is 2. The second kappa shape index (κ2) is 7.22. The summed E-state index contributed by atoms with van der Waals surface area (Å²) in [5.74, 6) is 1.35. The van der Waals surface area contributed by atoms with E-state index in [2.05, 4.69) is 26.0 Å². The van der Waals surface area contributed by atoms with Crippen molar-refractivity contribution in [2.45, 2.75) is 32.8 Å². The molecule has 0 aliphatic carbocycles. The van der Waals surface area contributed by atoms with Crippen molar-refractivity contribution < 1.29 is 19.0 Å². The SMILES string of the molecule is Cc1ccc(C)c2sc(OC3CCN(C(=O)c4ccc5c(c4)OCO5)CC3)nc12. The molecule has 2 aromatic carbocycles. The maximum atomic E-state index is 12.8. The number of thiazole rings is 1. The predicted octanol–water partition coefficient (Wildman–Crippen LogP) is 4.33. The number of rotatable bonds is 3. The van der Waals surface area contributed by atoms with Crippen molar-refractivity contribution >= 4 is 27.5 Å². The number of piperidine rings is 1. The molecule has 2 aliphatic heterocycles. The maximum Gasteiger partial charge on any atom is 0.274 e. The number of carbonyl (C=O) groups excluding carboxylic acids is 1. The Labute approximate surface area is 173 Å². The van der Waals surface area contributed by atoms with Crippen LogP contribution in [0.2, 0.25) is 0 Å². The molecule has 29 heavy (non-hydrogen) atoms. The normalized spacial score (nSPS) is 16.4. The highest BCUT2D eigenvalue weighted by molar-refractivity contribution is 7.20. The second-order valence-electron chi connectivity index (χ2n) is 7.53. The molecule has 1 saturated heterocycles. The topological polar surface area (TPSA) is 60.9 Å². The summed E-state index contributed by atoms with van der Waals surface area (Å²) in [6.07, 6.45) is 1.67. The van der Waals surface area contributed by atoms with Crippen LogP contribution in [0.15, 0.2) is 30.3 Å². The van der Waals surface area contributed by atoms with Gasteiger partial charge in [0.1, 0.15) is 6.10 Å². The molecule has 7 heteroatoms. The lowest BCUT2D eigenvalue weighted by molar-refractivity contribution is 0.0595. The number of fused-ring (bicyclic) bond motifs is 2. The van der Waals surface area contributed by atoms with Gasteiger partial charge in [0.2, 0.25) is 6.79 Å². The van der Waals surface area contributed by atoms with Gasteiger partial charge in [0.05, 0.1) is 10.2 Å². The smallest absolute Gasteiger partial charge is 0.274 e. The number of hydrogen-bond donors (Lipinski definition) is 0. The molecule has 1 fully saturated rings. The van der Waals surface area contributed by atoms with Crippen LogP contribution in [-0.4, -0.2) is 41.8 Å². The molecule has 5 rings (SSSR count). The average Bonchev–Trinajstić information content (AvgIpc) is 3.38. The summed E-state index contributed by atoms with van der Waals surface area (Å²) in [7, 11) is 0. The van der Waals surface area contributed by atoms with Crippen LogP contribution in [-0.2, 0) is 0 Å². The Morgan fingerprint density at radius 2 is 1.86 bits per heavy atom. The first-order valence-electron chi connectivity index (χ1n) is 9.81. The highest BCUT2D eigenvalue weighted by Gasteiger charge is 2.27. The number of ether oxygens (including phenoxy) is 3. The molecule has 0 N–H and O–H groups in total. The Balaban J connectivity index is 1.23. The van der Waals surface area contributed by atoms with Crippen LogP contribution >= 0.6 is 11.3 Å². The molecular formula is C22H22N2O4S. The number of nitrogens with zero attached hydrogens (tertiary/aromatic N) is 2. The molecule has 2 aliphatic rings. The largest absolute Gasteiger partial charge is 0.467 e. The lowest BCUT2D eigenvalue weighted by atomic mass is 10.1. The van der Waals surface area contributed by atoms with E-state index in [-0.39, 0.29) is 18.8 Å². The van der Waals surface area contributed by atoms with E-state index in [4.69, 9.17) is 19.2 Å². The summed E-state index contributed by atoms with van der Waals surface area (Å²) in [6, 6.07) is 9.58. The Bertz CT molecular complexity index is 1050. The van der Waals surface area contributed by atoms with Gasteiger partial charge in [-0.2, -0.15) is 0 Å². The van der Waals surface area contributed by atoms with Gasteiger partial charge in [-0.1, -0.05) is 23.5 Å². The van der Waals surface area contributed by atoms with E-state index in [1.807, 2.05) is 4.90 Å². The molecular weight excluding hydrogens is 388 g/mol. The van der Waals surface area contributed by atoms with Crippen LogP contribution in [0.1, 0.15) is 34.3 Å². The molecule has 0 bridgehead atoms. The van der Waals surface area contributed by atoms with Gasteiger partial charge in [0, 0.05) is 31.5 Å². The molecule has 150 valence electrons. The van der Waals surface area contributed by atoms with Crippen molar-refractivity contribution in [3.05, 3.63) is 47.0 Å². The molecule has 0 spiro atoms. The van der Waals surface area contributed by atoms with E-state index in [9.17, 15) is 4.79 Å². The van der Waals surface area contributed by atoms with Gasteiger partial charge in [-0.25, -0.2) is 4.98 Å². The number of carbonyl (C=O) groups is 1. The van der Waals surface area contributed by atoms with E-state index in [1.165, 1.54) is 15.8 Å². The molecule has 1 amide bonds. The Kier molecular flexibility index (Phi) is 4.54. The van der Waals surface area contributed by atoms with Gasteiger partial charge in [-0.3, -0.25) is 4.79 Å². The van der Waals surface area contributed by atoms with E-state index in [0.29, 0.717) is 30.2 Å². The fourth-order valence-corrected chi connectivity index (χ4v) is 4.85. The van der Waals surface area contributed by atoms with Crippen LogP contribution in [0.4, 0.5) is 0 Å². The fourth-order valence-electron chi connectivity index (χ4n) is 3.82. The van der Waals surface area contributed by atoms with Gasteiger partial charge in [0.15, 0.2) is 11.5 Å². The first kappa shape index (κ1) is 18.2. The maximum absolute atomic E-state index is 12.8. The number of benzene rings is 2. The van der Waals surface area contributed by atoms with E-state index < -0.39 is 0 Å². The van der Waals surface area contributed by atoms with Crippen LogP contribution in [0.3, 0.4) is 0 Å². The van der Waals surface area contributed by atoms with Crippen molar-refractivity contribution in [2.75, 3.05) is 19.9 Å². The van der Waals surface area contributed by atoms with Crippen molar-refractivity contribution in [3.8, 4) is 16.7 Å². The number of amides is 1. The van der Waals surface area contributed by atoms with Crippen LogP contribution in [0, 0.1) is 13.8 Å². The van der Waals surface area contributed by atoms with Crippen molar-refractivity contribution in [1.82, 2.24) is 9.88 Å².